The van der Waals surface area contributed by atoms with E-state index in [1.807, 2.05) is 13.0 Å². The van der Waals surface area contributed by atoms with Gasteiger partial charge < -0.3 is 10.1 Å². The predicted molar refractivity (Wildman–Crippen MR) is 71.3 cm³/mol. The van der Waals surface area contributed by atoms with Gasteiger partial charge in [0.15, 0.2) is 5.43 Å². The molecule has 6 heteroatoms. The van der Waals surface area contributed by atoms with E-state index in [1.165, 1.54) is 11.3 Å². The van der Waals surface area contributed by atoms with Gasteiger partial charge in [-0.05, 0) is 36.9 Å². The zero-order chi connectivity index (χ0) is 12.9. The molecule has 0 saturated carbocycles. The normalized spacial score (nSPS) is 10.8. The molecule has 3 aromatic rings. The fourth-order valence-corrected chi connectivity index (χ4v) is 3.20. The average molecular weight is 282 g/mol. The molecule has 0 unspecified atom stereocenters. The number of nitrogens with one attached hydrogen (secondary N) is 1. The van der Waals surface area contributed by atoms with Gasteiger partial charge in [-0.15, -0.1) is 11.3 Å². The summed E-state index contributed by atoms with van der Waals surface area (Å²) in [5.74, 6) is -0.357. The summed E-state index contributed by atoms with van der Waals surface area (Å²) in [6, 6.07) is 3.08. The quantitative estimate of drug-likeness (QED) is 0.587. The summed E-state index contributed by atoms with van der Waals surface area (Å²) in [5, 5.41) is 12.2. The van der Waals surface area contributed by atoms with Gasteiger partial charge in [-0.2, -0.15) is 0 Å². The van der Waals surface area contributed by atoms with E-state index in [4.69, 9.17) is 0 Å². The Hall–Kier alpha value is -0.880. The predicted octanol–water partition coefficient (Wildman–Crippen LogP) is -0.914. The molecule has 19 heavy (non-hydrogen) atoms. The standard InChI is InChI=1S/C13H12N2O2S.Na/c1-3-8-6(2)4-7-11-12(18-13(7)14-8)9(16)5-10(17)15-11;/h4-5H,3H2,1-2H3,(H2,15,16,17);/q;+1/p-1. The maximum Gasteiger partial charge on any atom is 1.00 e. The van der Waals surface area contributed by atoms with Crippen LogP contribution in [0.4, 0.5) is 0 Å². The first-order valence-corrected chi connectivity index (χ1v) is 6.55. The van der Waals surface area contributed by atoms with Crippen molar-refractivity contribution in [1.82, 2.24) is 9.97 Å². The molecule has 0 fully saturated rings. The van der Waals surface area contributed by atoms with E-state index < -0.39 is 0 Å². The third kappa shape index (κ3) is 2.31. The van der Waals surface area contributed by atoms with Gasteiger partial charge in [0.05, 0.1) is 5.52 Å². The summed E-state index contributed by atoms with van der Waals surface area (Å²) in [4.78, 5) is 19.9. The van der Waals surface area contributed by atoms with Crippen LogP contribution in [0.1, 0.15) is 18.2 Å². The number of nitrogens with zero attached hydrogens (tertiary/aromatic N) is 1. The number of hydrogen-bond donors (Lipinski definition) is 1. The largest absolute Gasteiger partial charge is 1.00 e. The first kappa shape index (κ1) is 14.5. The maximum absolute atomic E-state index is 11.8. The molecular formula is C13H11N2NaO2S. The number of aryl methyl sites for hydroxylation is 2. The third-order valence-electron chi connectivity index (χ3n) is 3.05. The van der Waals surface area contributed by atoms with Crippen LogP contribution >= 0.6 is 11.3 Å². The Kier molecular flexibility index (Phi) is 4.01. The molecule has 0 amide bonds. The second-order valence-corrected chi connectivity index (χ2v) is 5.26. The number of rotatable bonds is 1. The van der Waals surface area contributed by atoms with Gasteiger partial charge >= 0.3 is 29.6 Å². The number of aromatic nitrogens is 2. The molecule has 1 N–H and O–H groups in total. The van der Waals surface area contributed by atoms with Crippen molar-refractivity contribution in [2.45, 2.75) is 20.3 Å². The minimum Gasteiger partial charge on any atom is -0.860 e. The Morgan fingerprint density at radius 2 is 2.16 bits per heavy atom. The zero-order valence-corrected chi connectivity index (χ0v) is 13.9. The maximum atomic E-state index is 11.8. The fourth-order valence-electron chi connectivity index (χ4n) is 2.16. The van der Waals surface area contributed by atoms with E-state index in [1.54, 1.807) is 0 Å². The van der Waals surface area contributed by atoms with E-state index in [0.717, 1.165) is 34.0 Å². The smallest absolute Gasteiger partial charge is 0.860 e. The molecule has 3 aromatic heterocycles. The van der Waals surface area contributed by atoms with Crippen LogP contribution in [0.15, 0.2) is 16.9 Å². The Balaban J connectivity index is 0.00000133. The van der Waals surface area contributed by atoms with Gasteiger partial charge in [-0.1, -0.05) is 6.92 Å². The van der Waals surface area contributed by atoms with Gasteiger partial charge in [-0.25, -0.2) is 4.98 Å². The van der Waals surface area contributed by atoms with Crippen LogP contribution in [0.3, 0.4) is 0 Å². The molecule has 0 saturated heterocycles. The van der Waals surface area contributed by atoms with Crippen LogP contribution in [0.25, 0.3) is 20.4 Å². The van der Waals surface area contributed by atoms with Crippen molar-refractivity contribution in [2.75, 3.05) is 0 Å². The Bertz CT molecular complexity index is 823. The van der Waals surface area contributed by atoms with E-state index in [0.29, 0.717) is 10.2 Å². The summed E-state index contributed by atoms with van der Waals surface area (Å²) in [6.07, 6.45) is 0.858. The molecule has 0 spiro atoms. The van der Waals surface area contributed by atoms with Crippen molar-refractivity contribution in [2.24, 2.45) is 0 Å². The number of fused-ring (bicyclic) bond motifs is 3. The van der Waals surface area contributed by atoms with Crippen LogP contribution in [-0.4, -0.2) is 9.97 Å². The number of hydrogen-bond acceptors (Lipinski definition) is 4. The molecule has 0 atom stereocenters. The first-order chi connectivity index (χ1) is 8.60. The molecule has 0 aliphatic carbocycles. The molecule has 3 heterocycles. The van der Waals surface area contributed by atoms with Gasteiger partial charge in [0.25, 0.3) is 0 Å². The summed E-state index contributed by atoms with van der Waals surface area (Å²) in [7, 11) is 0. The molecule has 0 aromatic carbocycles. The molecule has 92 valence electrons. The van der Waals surface area contributed by atoms with Crippen LogP contribution in [-0.2, 0) is 6.42 Å². The second kappa shape index (κ2) is 5.25. The molecule has 0 bridgehead atoms. The second-order valence-electron chi connectivity index (χ2n) is 4.26. The first-order valence-electron chi connectivity index (χ1n) is 5.73. The van der Waals surface area contributed by atoms with Crippen molar-refractivity contribution in [3.8, 4) is 5.88 Å². The van der Waals surface area contributed by atoms with E-state index >= 15 is 0 Å². The van der Waals surface area contributed by atoms with E-state index in [9.17, 15) is 9.90 Å². The van der Waals surface area contributed by atoms with Crippen molar-refractivity contribution >= 4 is 31.8 Å². The van der Waals surface area contributed by atoms with Crippen LogP contribution in [0.2, 0.25) is 0 Å². The van der Waals surface area contributed by atoms with Gasteiger partial charge in [0, 0.05) is 11.1 Å². The Labute approximate surface area is 135 Å². The van der Waals surface area contributed by atoms with Crippen LogP contribution in [0.5, 0.6) is 5.88 Å². The van der Waals surface area contributed by atoms with Crippen LogP contribution in [0, 0.1) is 6.92 Å². The van der Waals surface area contributed by atoms with Crippen molar-refractivity contribution in [3.05, 3.63) is 33.6 Å². The molecule has 0 radical (unpaired) electrons. The number of thiophene rings is 1. The minimum atomic E-state index is -0.357. The van der Waals surface area contributed by atoms with Gasteiger partial charge in [0.1, 0.15) is 9.53 Å². The molecule has 4 nitrogen and oxygen atoms in total. The molecule has 0 aliphatic heterocycles. The zero-order valence-electron chi connectivity index (χ0n) is 11.0. The number of aromatic amines is 1. The Morgan fingerprint density at radius 1 is 1.42 bits per heavy atom. The average Bonchev–Trinajstić information content (AvgIpc) is 2.66. The summed E-state index contributed by atoms with van der Waals surface area (Å²) < 4.78 is 0.574. The third-order valence-corrected chi connectivity index (χ3v) is 4.16. The van der Waals surface area contributed by atoms with Crippen LogP contribution < -0.4 is 40.1 Å². The van der Waals surface area contributed by atoms with E-state index in [-0.39, 0.29) is 40.9 Å². The fraction of sp³-hybridized carbons (Fsp3) is 0.231. The Morgan fingerprint density at radius 3 is 2.84 bits per heavy atom. The van der Waals surface area contributed by atoms with Crippen molar-refractivity contribution < 1.29 is 34.7 Å². The topological polar surface area (TPSA) is 68.8 Å². The van der Waals surface area contributed by atoms with Gasteiger partial charge in [0.2, 0.25) is 0 Å². The van der Waals surface area contributed by atoms with Crippen molar-refractivity contribution in [3.63, 3.8) is 0 Å². The molecule has 0 aliphatic rings. The van der Waals surface area contributed by atoms with Gasteiger partial charge in [-0.3, -0.25) is 4.79 Å². The minimum absolute atomic E-state index is 0. The summed E-state index contributed by atoms with van der Waals surface area (Å²) in [6.45, 7) is 4.04. The molecular weight excluding hydrogens is 271 g/mol. The number of H-pyrrole nitrogens is 1. The summed E-state index contributed by atoms with van der Waals surface area (Å²) in [5.41, 5.74) is 2.50. The monoisotopic (exact) mass is 282 g/mol. The van der Waals surface area contributed by atoms with E-state index in [2.05, 4.69) is 16.9 Å². The SMILES string of the molecule is CCc1nc2sc3c(=O)cc([O-])[nH]c3c2cc1C.[Na+]. The molecule has 3 rings (SSSR count). The van der Waals surface area contributed by atoms with Crippen molar-refractivity contribution in [1.29, 1.82) is 0 Å². The number of pyridine rings is 2. The summed E-state index contributed by atoms with van der Waals surface area (Å²) >= 11 is 1.34.